The maximum atomic E-state index is 12.4. The summed E-state index contributed by atoms with van der Waals surface area (Å²) in [6.45, 7) is 0.0372. The third-order valence-electron chi connectivity index (χ3n) is 3.98. The summed E-state index contributed by atoms with van der Waals surface area (Å²) < 4.78 is 0. The van der Waals surface area contributed by atoms with Gasteiger partial charge in [0.25, 0.3) is 5.91 Å². The first-order valence-electron chi connectivity index (χ1n) is 7.23. The molecular formula is C16H18N2O3. The van der Waals surface area contributed by atoms with E-state index in [2.05, 4.69) is 10.3 Å². The number of carbonyl (C=O) groups excluding carboxylic acids is 1. The van der Waals surface area contributed by atoms with Crippen LogP contribution in [-0.4, -0.2) is 28.6 Å². The number of benzene rings is 1. The Morgan fingerprint density at radius 3 is 2.86 bits per heavy atom. The highest BCUT2D eigenvalue weighted by Crippen LogP contribution is 2.34. The zero-order valence-corrected chi connectivity index (χ0v) is 11.6. The van der Waals surface area contributed by atoms with Crippen LogP contribution in [0.4, 0.5) is 0 Å². The molecule has 0 saturated heterocycles. The summed E-state index contributed by atoms with van der Waals surface area (Å²) in [4.78, 5) is 27.7. The van der Waals surface area contributed by atoms with Gasteiger partial charge in [-0.2, -0.15) is 0 Å². The van der Waals surface area contributed by atoms with E-state index in [1.807, 2.05) is 6.07 Å². The monoisotopic (exact) mass is 286 g/mol. The summed E-state index contributed by atoms with van der Waals surface area (Å²) in [6, 6.07) is 7.07. The molecule has 2 aromatic rings. The molecule has 110 valence electrons. The number of aliphatic hydroxyl groups excluding tert-OH is 1. The highest BCUT2D eigenvalue weighted by atomic mass is 16.3. The molecule has 5 nitrogen and oxygen atoms in total. The van der Waals surface area contributed by atoms with Gasteiger partial charge in [-0.25, -0.2) is 0 Å². The van der Waals surface area contributed by atoms with E-state index in [-0.39, 0.29) is 29.5 Å². The number of nitrogens with one attached hydrogen (secondary N) is 2. The Labute approximate surface area is 122 Å². The molecule has 1 aromatic heterocycles. The molecular weight excluding hydrogens is 268 g/mol. The molecule has 5 heteroatoms. The van der Waals surface area contributed by atoms with Crippen molar-refractivity contribution in [3.63, 3.8) is 0 Å². The van der Waals surface area contributed by atoms with Crippen LogP contribution in [0.25, 0.3) is 10.9 Å². The fourth-order valence-electron chi connectivity index (χ4n) is 2.65. The molecule has 0 bridgehead atoms. The van der Waals surface area contributed by atoms with Crippen LogP contribution >= 0.6 is 0 Å². The Balaban J connectivity index is 1.87. The first kappa shape index (κ1) is 13.8. The summed E-state index contributed by atoms with van der Waals surface area (Å²) in [6.07, 6.45) is 4.13. The minimum Gasteiger partial charge on any atom is -0.396 e. The number of fused-ring (bicyclic) bond motifs is 1. The van der Waals surface area contributed by atoms with Gasteiger partial charge in [0.15, 0.2) is 0 Å². The van der Waals surface area contributed by atoms with Crippen molar-refractivity contribution >= 4 is 16.8 Å². The van der Waals surface area contributed by atoms with Crippen LogP contribution in [0.2, 0.25) is 0 Å². The summed E-state index contributed by atoms with van der Waals surface area (Å²) in [5.41, 5.74) is 0.575. The van der Waals surface area contributed by atoms with Crippen LogP contribution < -0.4 is 10.7 Å². The summed E-state index contributed by atoms with van der Waals surface area (Å²) in [5, 5.41) is 12.5. The van der Waals surface area contributed by atoms with Gasteiger partial charge >= 0.3 is 0 Å². The van der Waals surface area contributed by atoms with Crippen LogP contribution in [0.15, 0.2) is 35.3 Å². The van der Waals surface area contributed by atoms with Gasteiger partial charge in [0.1, 0.15) is 5.56 Å². The highest BCUT2D eigenvalue weighted by molar-refractivity contribution is 5.97. The molecule has 1 amide bonds. The van der Waals surface area contributed by atoms with E-state index in [4.69, 9.17) is 5.11 Å². The molecule has 1 heterocycles. The lowest BCUT2D eigenvalue weighted by Gasteiger charge is -2.17. The molecule has 0 radical (unpaired) electrons. The quantitative estimate of drug-likeness (QED) is 0.777. The Bertz CT molecular complexity index is 719. The van der Waals surface area contributed by atoms with Crippen molar-refractivity contribution in [1.29, 1.82) is 0 Å². The van der Waals surface area contributed by atoms with Crippen molar-refractivity contribution < 1.29 is 9.90 Å². The lowest BCUT2D eigenvalue weighted by atomic mass is 10.1. The van der Waals surface area contributed by atoms with Gasteiger partial charge in [-0.1, -0.05) is 12.1 Å². The van der Waals surface area contributed by atoms with Gasteiger partial charge in [-0.15, -0.1) is 0 Å². The molecule has 1 aromatic carbocycles. The molecule has 3 rings (SSSR count). The van der Waals surface area contributed by atoms with Crippen molar-refractivity contribution in [3.05, 3.63) is 46.2 Å². The lowest BCUT2D eigenvalue weighted by Crippen LogP contribution is -2.39. The zero-order chi connectivity index (χ0) is 14.8. The van der Waals surface area contributed by atoms with Crippen LogP contribution in [0.3, 0.4) is 0 Å². The third kappa shape index (κ3) is 2.83. The van der Waals surface area contributed by atoms with Crippen LogP contribution in [0.1, 0.15) is 29.6 Å². The maximum Gasteiger partial charge on any atom is 0.256 e. The van der Waals surface area contributed by atoms with E-state index >= 15 is 0 Å². The summed E-state index contributed by atoms with van der Waals surface area (Å²) in [7, 11) is 0. The second kappa shape index (κ2) is 5.69. The van der Waals surface area contributed by atoms with E-state index < -0.39 is 0 Å². The smallest absolute Gasteiger partial charge is 0.256 e. The van der Waals surface area contributed by atoms with Gasteiger partial charge in [0, 0.05) is 29.7 Å². The van der Waals surface area contributed by atoms with Gasteiger partial charge in [-0.05, 0) is 37.3 Å². The fraction of sp³-hybridized carbons (Fsp3) is 0.375. The molecule has 3 N–H and O–H groups in total. The number of pyridine rings is 1. The van der Waals surface area contributed by atoms with Crippen LogP contribution in [0.5, 0.6) is 0 Å². The number of para-hydroxylation sites is 1. The number of H-pyrrole nitrogens is 1. The van der Waals surface area contributed by atoms with Crippen molar-refractivity contribution in [2.24, 2.45) is 5.92 Å². The van der Waals surface area contributed by atoms with E-state index in [9.17, 15) is 9.59 Å². The van der Waals surface area contributed by atoms with Crippen molar-refractivity contribution in [1.82, 2.24) is 10.3 Å². The molecule has 1 atom stereocenters. The maximum absolute atomic E-state index is 12.4. The number of aromatic amines is 1. The largest absolute Gasteiger partial charge is 0.396 e. The second-order valence-electron chi connectivity index (χ2n) is 5.51. The van der Waals surface area contributed by atoms with Crippen LogP contribution in [0, 0.1) is 5.92 Å². The molecule has 0 aliphatic heterocycles. The first-order valence-corrected chi connectivity index (χ1v) is 7.23. The number of hydrogen-bond acceptors (Lipinski definition) is 3. The van der Waals surface area contributed by atoms with E-state index in [1.54, 1.807) is 18.2 Å². The number of rotatable bonds is 5. The zero-order valence-electron chi connectivity index (χ0n) is 11.6. The molecule has 0 spiro atoms. The van der Waals surface area contributed by atoms with Crippen molar-refractivity contribution in [2.75, 3.05) is 6.61 Å². The standard InChI is InChI=1S/C16H18N2O3/c19-8-7-13(10-5-6-10)18-16(21)12-9-17-14-4-2-1-3-11(14)15(12)20/h1-4,9-10,13,19H,5-8H2,(H,17,20)(H,18,21). The van der Waals surface area contributed by atoms with Gasteiger partial charge in [0.05, 0.1) is 0 Å². The lowest BCUT2D eigenvalue weighted by molar-refractivity contribution is 0.0923. The average molecular weight is 286 g/mol. The normalized spacial score (nSPS) is 15.9. The van der Waals surface area contributed by atoms with E-state index in [0.717, 1.165) is 12.8 Å². The molecule has 1 unspecified atom stereocenters. The average Bonchev–Trinajstić information content (AvgIpc) is 3.32. The van der Waals surface area contributed by atoms with Crippen molar-refractivity contribution in [2.45, 2.75) is 25.3 Å². The molecule has 1 aliphatic rings. The number of carbonyl (C=O) groups is 1. The minimum absolute atomic E-state index is 0.0372. The van der Waals surface area contributed by atoms with Gasteiger partial charge in [0.2, 0.25) is 5.43 Å². The SMILES string of the molecule is O=C(NC(CCO)C1CC1)c1c[nH]c2ccccc2c1=O. The number of hydrogen-bond donors (Lipinski definition) is 3. The summed E-state index contributed by atoms with van der Waals surface area (Å²) >= 11 is 0. The third-order valence-corrected chi connectivity index (χ3v) is 3.98. The Morgan fingerprint density at radius 1 is 1.38 bits per heavy atom. The van der Waals surface area contributed by atoms with Crippen LogP contribution in [-0.2, 0) is 0 Å². The minimum atomic E-state index is -0.368. The predicted octanol–water partition coefficient (Wildman–Crippen LogP) is 1.42. The molecule has 1 saturated carbocycles. The topological polar surface area (TPSA) is 82.2 Å². The summed E-state index contributed by atoms with van der Waals surface area (Å²) in [5.74, 6) is 0.0630. The van der Waals surface area contributed by atoms with E-state index in [1.165, 1.54) is 6.20 Å². The molecule has 1 aliphatic carbocycles. The number of amides is 1. The molecule has 21 heavy (non-hydrogen) atoms. The Kier molecular flexibility index (Phi) is 3.75. The number of aromatic nitrogens is 1. The van der Waals surface area contributed by atoms with Gasteiger partial charge in [-0.3, -0.25) is 9.59 Å². The van der Waals surface area contributed by atoms with E-state index in [0.29, 0.717) is 23.2 Å². The van der Waals surface area contributed by atoms with Crippen molar-refractivity contribution in [3.8, 4) is 0 Å². The first-order chi connectivity index (χ1) is 10.2. The second-order valence-corrected chi connectivity index (χ2v) is 5.51. The fourth-order valence-corrected chi connectivity index (χ4v) is 2.65. The Hall–Kier alpha value is -2.14. The Morgan fingerprint density at radius 2 is 2.14 bits per heavy atom. The predicted molar refractivity (Wildman–Crippen MR) is 80.2 cm³/mol. The van der Waals surface area contributed by atoms with Gasteiger partial charge < -0.3 is 15.4 Å². The number of aliphatic hydroxyl groups is 1. The highest BCUT2D eigenvalue weighted by Gasteiger charge is 2.32. The molecule has 1 fully saturated rings.